The summed E-state index contributed by atoms with van der Waals surface area (Å²) in [6.07, 6.45) is 6.17. The molecule has 206 valence electrons. The highest BCUT2D eigenvalue weighted by Gasteiger charge is 2.30. The number of ether oxygens (including phenoxy) is 1. The van der Waals surface area contributed by atoms with Crippen LogP contribution in [-0.2, 0) is 22.9 Å². The largest absolute Gasteiger partial charge is 0.497 e. The number of piperidine rings is 1. The second-order valence-corrected chi connectivity index (χ2v) is 13.1. The molecule has 1 aromatic heterocycles. The zero-order valence-electron chi connectivity index (χ0n) is 21.6. The number of sulfonamides is 1. The molecule has 8 nitrogen and oxygen atoms in total. The molecular weight excluding hydrogens is 558 g/mol. The maximum absolute atomic E-state index is 13.5. The van der Waals surface area contributed by atoms with E-state index in [1.165, 1.54) is 33.8 Å². The molecule has 0 radical (unpaired) electrons. The fraction of sp³-hybridized carbons (Fsp3) is 0.357. The summed E-state index contributed by atoms with van der Waals surface area (Å²) in [5.74, 6) is -0.128. The molecule has 39 heavy (non-hydrogen) atoms. The van der Waals surface area contributed by atoms with Gasteiger partial charge in [0.2, 0.25) is 10.0 Å². The Balaban J connectivity index is 1.42. The van der Waals surface area contributed by atoms with Gasteiger partial charge in [-0.2, -0.15) is 4.31 Å². The van der Waals surface area contributed by atoms with Crippen molar-refractivity contribution in [3.05, 3.63) is 69.1 Å². The zero-order chi connectivity index (χ0) is 27.6. The van der Waals surface area contributed by atoms with Gasteiger partial charge in [0, 0.05) is 29.2 Å². The number of nitrogens with one attached hydrogen (secondary N) is 2. The average Bonchev–Trinajstić information content (AvgIpc) is 3.32. The van der Waals surface area contributed by atoms with E-state index in [4.69, 9.17) is 16.3 Å². The summed E-state index contributed by atoms with van der Waals surface area (Å²) >= 11 is 7.70. The second kappa shape index (κ2) is 11.7. The summed E-state index contributed by atoms with van der Waals surface area (Å²) in [5.41, 5.74) is 2.17. The van der Waals surface area contributed by atoms with Gasteiger partial charge in [-0.25, -0.2) is 8.42 Å². The standard InChI is InChI=1S/C28H30ClN3O5S2/c1-37-20-12-10-19(11-13-20)30-27(34)25-21-7-3-4-8-23(21)38-28(25)31-26(33)18-9-14-22(29)24(17-18)39(35,36)32-15-5-2-6-16-32/h9-14,17H,2-8,15-16H2,1H3,(H,30,34)(H,31,33). The molecule has 1 saturated heterocycles. The number of fused-ring (bicyclic) bond motifs is 1. The molecule has 1 aliphatic heterocycles. The number of anilines is 2. The lowest BCUT2D eigenvalue weighted by Crippen LogP contribution is -2.35. The highest BCUT2D eigenvalue weighted by Crippen LogP contribution is 2.39. The van der Waals surface area contributed by atoms with Crippen LogP contribution in [0.2, 0.25) is 5.02 Å². The van der Waals surface area contributed by atoms with Crippen LogP contribution in [0.4, 0.5) is 10.7 Å². The van der Waals surface area contributed by atoms with Gasteiger partial charge in [-0.15, -0.1) is 11.3 Å². The third-order valence-corrected chi connectivity index (χ3v) is 10.7. The Morgan fingerprint density at radius 1 is 0.923 bits per heavy atom. The van der Waals surface area contributed by atoms with E-state index in [9.17, 15) is 18.0 Å². The average molecular weight is 588 g/mol. The predicted molar refractivity (Wildman–Crippen MR) is 154 cm³/mol. The van der Waals surface area contributed by atoms with Crippen molar-refractivity contribution >= 4 is 55.5 Å². The Hall–Kier alpha value is -2.92. The van der Waals surface area contributed by atoms with Crippen LogP contribution in [0.25, 0.3) is 0 Å². The Morgan fingerprint density at radius 2 is 1.64 bits per heavy atom. The van der Waals surface area contributed by atoms with Crippen molar-refractivity contribution in [3.63, 3.8) is 0 Å². The Morgan fingerprint density at radius 3 is 2.36 bits per heavy atom. The highest BCUT2D eigenvalue weighted by atomic mass is 35.5. The highest BCUT2D eigenvalue weighted by molar-refractivity contribution is 7.89. The number of amides is 2. The van der Waals surface area contributed by atoms with E-state index >= 15 is 0 Å². The lowest BCUT2D eigenvalue weighted by Gasteiger charge is -2.26. The molecule has 11 heteroatoms. The first-order valence-electron chi connectivity index (χ1n) is 13.0. The molecule has 2 N–H and O–H groups in total. The number of halogens is 1. The predicted octanol–water partition coefficient (Wildman–Crippen LogP) is 5.97. The number of hydrogen-bond donors (Lipinski definition) is 2. The SMILES string of the molecule is COc1ccc(NC(=O)c2c(NC(=O)c3ccc(Cl)c(S(=O)(=O)N4CCCCC4)c3)sc3c2CCCC3)cc1. The number of nitrogens with zero attached hydrogens (tertiary/aromatic N) is 1. The van der Waals surface area contributed by atoms with Gasteiger partial charge in [0.25, 0.3) is 11.8 Å². The van der Waals surface area contributed by atoms with E-state index in [0.29, 0.717) is 35.1 Å². The van der Waals surface area contributed by atoms with Crippen LogP contribution >= 0.6 is 22.9 Å². The second-order valence-electron chi connectivity index (χ2n) is 9.66. The van der Waals surface area contributed by atoms with Crippen LogP contribution in [0.5, 0.6) is 5.75 Å². The van der Waals surface area contributed by atoms with Gasteiger partial charge in [-0.1, -0.05) is 18.0 Å². The van der Waals surface area contributed by atoms with Crippen LogP contribution in [0.3, 0.4) is 0 Å². The van der Waals surface area contributed by atoms with Crippen molar-refractivity contribution < 1.29 is 22.7 Å². The molecule has 2 amide bonds. The van der Waals surface area contributed by atoms with Crippen LogP contribution < -0.4 is 15.4 Å². The third-order valence-electron chi connectivity index (χ3n) is 7.10. The van der Waals surface area contributed by atoms with Gasteiger partial charge < -0.3 is 15.4 Å². The van der Waals surface area contributed by atoms with Gasteiger partial charge in [-0.05, 0) is 86.6 Å². The fourth-order valence-corrected chi connectivity index (χ4v) is 8.32. The van der Waals surface area contributed by atoms with Crippen LogP contribution in [0, 0.1) is 0 Å². The van der Waals surface area contributed by atoms with Gasteiger partial charge in [0.1, 0.15) is 15.6 Å². The molecular formula is C28H30ClN3O5S2. The molecule has 0 atom stereocenters. The van der Waals surface area contributed by atoms with Gasteiger partial charge in [0.05, 0.1) is 17.7 Å². The number of rotatable bonds is 7. The normalized spacial score (nSPS) is 15.8. The maximum atomic E-state index is 13.5. The third kappa shape index (κ3) is 5.84. The number of methoxy groups -OCH3 is 1. The number of carbonyl (C=O) groups excluding carboxylic acids is 2. The van der Waals surface area contributed by atoms with Crippen molar-refractivity contribution in [2.45, 2.75) is 49.8 Å². The van der Waals surface area contributed by atoms with E-state index < -0.39 is 15.9 Å². The first kappa shape index (κ1) is 27.6. The fourth-order valence-electron chi connectivity index (χ4n) is 5.02. The minimum Gasteiger partial charge on any atom is -0.497 e. The number of carbonyl (C=O) groups is 2. The summed E-state index contributed by atoms with van der Waals surface area (Å²) in [6, 6.07) is 11.3. The molecule has 2 aliphatic rings. The zero-order valence-corrected chi connectivity index (χ0v) is 24.0. The minimum absolute atomic E-state index is 0.0725. The van der Waals surface area contributed by atoms with Crippen molar-refractivity contribution in [1.82, 2.24) is 4.31 Å². The van der Waals surface area contributed by atoms with Gasteiger partial charge in [0.15, 0.2) is 0 Å². The Kier molecular flexibility index (Phi) is 8.27. The summed E-state index contributed by atoms with van der Waals surface area (Å²) in [5, 5.41) is 6.35. The molecule has 1 aliphatic carbocycles. The lowest BCUT2D eigenvalue weighted by atomic mass is 9.95. The van der Waals surface area contributed by atoms with E-state index in [0.717, 1.165) is 55.4 Å². The first-order valence-corrected chi connectivity index (χ1v) is 15.6. The molecule has 2 heterocycles. The Bertz CT molecular complexity index is 1500. The Labute approximate surface area is 237 Å². The summed E-state index contributed by atoms with van der Waals surface area (Å²) in [4.78, 5) is 27.9. The number of aryl methyl sites for hydroxylation is 1. The molecule has 0 unspecified atom stereocenters. The van der Waals surface area contributed by atoms with Crippen LogP contribution in [0.1, 0.15) is 63.3 Å². The number of hydrogen-bond acceptors (Lipinski definition) is 6. The van der Waals surface area contributed by atoms with Crippen molar-refractivity contribution in [2.75, 3.05) is 30.8 Å². The lowest BCUT2D eigenvalue weighted by molar-refractivity contribution is 0.102. The first-order chi connectivity index (χ1) is 18.8. The number of benzene rings is 2. The van der Waals surface area contributed by atoms with E-state index in [1.807, 2.05) is 0 Å². The van der Waals surface area contributed by atoms with Gasteiger partial charge in [-0.3, -0.25) is 9.59 Å². The van der Waals surface area contributed by atoms with E-state index in [2.05, 4.69) is 10.6 Å². The summed E-state index contributed by atoms with van der Waals surface area (Å²) in [7, 11) is -2.26. The van der Waals surface area contributed by atoms with E-state index in [-0.39, 0.29) is 21.4 Å². The summed E-state index contributed by atoms with van der Waals surface area (Å²) < 4.78 is 33.2. The van der Waals surface area contributed by atoms with Crippen LogP contribution in [0.15, 0.2) is 47.4 Å². The van der Waals surface area contributed by atoms with Crippen LogP contribution in [-0.4, -0.2) is 44.7 Å². The van der Waals surface area contributed by atoms with E-state index in [1.54, 1.807) is 31.4 Å². The molecule has 1 fully saturated rings. The molecule has 0 bridgehead atoms. The van der Waals surface area contributed by atoms with Gasteiger partial charge >= 0.3 is 0 Å². The minimum atomic E-state index is -3.83. The summed E-state index contributed by atoms with van der Waals surface area (Å²) in [6.45, 7) is 0.866. The molecule has 5 rings (SSSR count). The smallest absolute Gasteiger partial charge is 0.258 e. The molecule has 0 spiro atoms. The van der Waals surface area contributed by atoms with Crippen molar-refractivity contribution in [3.8, 4) is 5.75 Å². The topological polar surface area (TPSA) is 105 Å². The monoisotopic (exact) mass is 587 g/mol. The maximum Gasteiger partial charge on any atom is 0.258 e. The quantitative estimate of drug-likeness (QED) is 0.354. The molecule has 3 aromatic rings. The molecule has 0 saturated carbocycles. The number of thiophene rings is 1. The molecule has 2 aromatic carbocycles. The van der Waals surface area contributed by atoms with Crippen molar-refractivity contribution in [2.24, 2.45) is 0 Å². The van der Waals surface area contributed by atoms with Crippen molar-refractivity contribution in [1.29, 1.82) is 0 Å².